The lowest BCUT2D eigenvalue weighted by Gasteiger charge is -2.36. The first-order chi connectivity index (χ1) is 11.3. The van der Waals surface area contributed by atoms with Crippen LogP contribution in [0.5, 0.6) is 0 Å². The van der Waals surface area contributed by atoms with Crippen molar-refractivity contribution in [2.75, 3.05) is 18.4 Å². The average Bonchev–Trinajstić information content (AvgIpc) is 2.54. The molecule has 1 heterocycles. The number of para-hydroxylation sites is 1. The number of nitrogens with zero attached hydrogens (tertiary/aromatic N) is 1. The van der Waals surface area contributed by atoms with Gasteiger partial charge in [-0.05, 0) is 30.4 Å². The Balaban J connectivity index is 1.78. The summed E-state index contributed by atoms with van der Waals surface area (Å²) < 4.78 is 0. The van der Waals surface area contributed by atoms with E-state index in [1.54, 1.807) is 0 Å². The number of benzene rings is 1. The topological polar surface area (TPSA) is 87.5 Å². The number of likely N-dealkylation sites (tertiary alicyclic amines) is 1. The lowest BCUT2D eigenvalue weighted by atomic mass is 9.86. The van der Waals surface area contributed by atoms with Crippen molar-refractivity contribution >= 4 is 17.6 Å². The molecule has 0 unspecified atom stereocenters. The van der Waals surface area contributed by atoms with Gasteiger partial charge in [0.05, 0.1) is 6.04 Å². The predicted molar refractivity (Wildman–Crippen MR) is 95.6 cm³/mol. The van der Waals surface area contributed by atoms with E-state index in [0.717, 1.165) is 18.5 Å². The number of nitrogens with one attached hydrogen (secondary N) is 2. The van der Waals surface area contributed by atoms with Crippen LogP contribution >= 0.6 is 0 Å². The summed E-state index contributed by atoms with van der Waals surface area (Å²) in [6.07, 6.45) is 1.48. The molecule has 1 saturated heterocycles. The number of carbonyl (C=O) groups is 2. The quantitative estimate of drug-likeness (QED) is 0.793. The third kappa shape index (κ3) is 4.96. The first kappa shape index (κ1) is 18.3. The summed E-state index contributed by atoms with van der Waals surface area (Å²) in [7, 11) is 0. The molecule has 1 aliphatic heterocycles. The fourth-order valence-corrected chi connectivity index (χ4v) is 2.69. The molecule has 1 atom stereocenters. The minimum absolute atomic E-state index is 0.00492. The molecule has 1 fully saturated rings. The van der Waals surface area contributed by atoms with E-state index in [1.165, 1.54) is 0 Å². The van der Waals surface area contributed by atoms with Gasteiger partial charge < -0.3 is 21.3 Å². The summed E-state index contributed by atoms with van der Waals surface area (Å²) in [6, 6.07) is 8.70. The maximum Gasteiger partial charge on any atom is 0.319 e. The molecule has 132 valence electrons. The maximum absolute atomic E-state index is 12.4. The van der Waals surface area contributed by atoms with E-state index in [0.29, 0.717) is 13.1 Å². The number of anilines is 1. The Morgan fingerprint density at radius 1 is 1.17 bits per heavy atom. The van der Waals surface area contributed by atoms with Crippen LogP contribution < -0.4 is 16.4 Å². The maximum atomic E-state index is 12.4. The van der Waals surface area contributed by atoms with E-state index in [1.807, 2.05) is 56.0 Å². The molecular weight excluding hydrogens is 304 g/mol. The Morgan fingerprint density at radius 3 is 2.29 bits per heavy atom. The van der Waals surface area contributed by atoms with Gasteiger partial charge in [-0.2, -0.15) is 0 Å². The normalized spacial score (nSPS) is 17.2. The van der Waals surface area contributed by atoms with Crippen molar-refractivity contribution in [3.63, 3.8) is 0 Å². The van der Waals surface area contributed by atoms with E-state index < -0.39 is 6.04 Å². The molecule has 1 aliphatic rings. The van der Waals surface area contributed by atoms with Crippen molar-refractivity contribution in [1.29, 1.82) is 0 Å². The van der Waals surface area contributed by atoms with Crippen LogP contribution in [0.1, 0.15) is 33.6 Å². The molecular formula is C18H28N4O2. The number of piperidine rings is 1. The highest BCUT2D eigenvalue weighted by Crippen LogP contribution is 2.21. The van der Waals surface area contributed by atoms with Crippen LogP contribution in [0.4, 0.5) is 10.5 Å². The molecule has 0 aliphatic carbocycles. The number of nitrogens with two attached hydrogens (primary N) is 1. The molecule has 6 nitrogen and oxygen atoms in total. The van der Waals surface area contributed by atoms with E-state index in [4.69, 9.17) is 5.73 Å². The number of carbonyl (C=O) groups excluding carboxylic acids is 2. The van der Waals surface area contributed by atoms with Gasteiger partial charge in [0.25, 0.3) is 0 Å². The highest BCUT2D eigenvalue weighted by atomic mass is 16.2. The zero-order valence-corrected chi connectivity index (χ0v) is 14.7. The zero-order valence-electron chi connectivity index (χ0n) is 14.7. The highest BCUT2D eigenvalue weighted by molar-refractivity contribution is 5.89. The summed E-state index contributed by atoms with van der Waals surface area (Å²) in [5, 5.41) is 5.78. The predicted octanol–water partition coefficient (Wildman–Crippen LogP) is 2.17. The van der Waals surface area contributed by atoms with E-state index in [-0.39, 0.29) is 23.4 Å². The van der Waals surface area contributed by atoms with Crippen LogP contribution in [-0.2, 0) is 4.79 Å². The fourth-order valence-electron chi connectivity index (χ4n) is 2.69. The van der Waals surface area contributed by atoms with Crippen LogP contribution in [0.2, 0.25) is 0 Å². The first-order valence-corrected chi connectivity index (χ1v) is 8.44. The second-order valence-corrected chi connectivity index (χ2v) is 7.41. The molecule has 0 spiro atoms. The monoisotopic (exact) mass is 332 g/mol. The van der Waals surface area contributed by atoms with Crippen molar-refractivity contribution in [3.05, 3.63) is 30.3 Å². The number of hydrogen-bond donors (Lipinski definition) is 3. The Labute approximate surface area is 143 Å². The van der Waals surface area contributed by atoms with Crippen LogP contribution in [0.3, 0.4) is 0 Å². The number of rotatable bonds is 3. The number of hydrogen-bond acceptors (Lipinski definition) is 3. The summed E-state index contributed by atoms with van der Waals surface area (Å²) in [4.78, 5) is 26.2. The lowest BCUT2D eigenvalue weighted by molar-refractivity contribution is -0.136. The molecule has 4 N–H and O–H groups in total. The molecule has 24 heavy (non-hydrogen) atoms. The van der Waals surface area contributed by atoms with Gasteiger partial charge in [0.2, 0.25) is 5.91 Å². The Morgan fingerprint density at radius 2 is 1.75 bits per heavy atom. The molecule has 0 saturated carbocycles. The van der Waals surface area contributed by atoms with Gasteiger partial charge >= 0.3 is 6.03 Å². The molecule has 0 radical (unpaired) electrons. The minimum Gasteiger partial charge on any atom is -0.341 e. The van der Waals surface area contributed by atoms with Crippen LogP contribution in [-0.4, -0.2) is 42.0 Å². The smallest absolute Gasteiger partial charge is 0.319 e. The van der Waals surface area contributed by atoms with Crippen LogP contribution in [0.25, 0.3) is 0 Å². The van der Waals surface area contributed by atoms with Crippen molar-refractivity contribution < 1.29 is 9.59 Å². The van der Waals surface area contributed by atoms with Crippen LogP contribution in [0.15, 0.2) is 30.3 Å². The Kier molecular flexibility index (Phi) is 5.83. The second-order valence-electron chi connectivity index (χ2n) is 7.41. The SMILES string of the molecule is CC(C)(C)[C@H](N)C(=O)N1CCC(NC(=O)Nc2ccccc2)CC1. The van der Waals surface area contributed by atoms with E-state index >= 15 is 0 Å². The molecule has 2 rings (SSSR count). The van der Waals surface area contributed by atoms with Gasteiger partial charge in [0, 0.05) is 24.8 Å². The molecule has 6 heteroatoms. The van der Waals surface area contributed by atoms with Crippen molar-refractivity contribution in [2.24, 2.45) is 11.1 Å². The molecule has 0 bridgehead atoms. The van der Waals surface area contributed by atoms with Crippen molar-refractivity contribution in [3.8, 4) is 0 Å². The number of amides is 3. The second kappa shape index (κ2) is 7.66. The Hall–Kier alpha value is -2.08. The van der Waals surface area contributed by atoms with Crippen LogP contribution in [0, 0.1) is 5.41 Å². The highest BCUT2D eigenvalue weighted by Gasteiger charge is 2.33. The van der Waals surface area contributed by atoms with E-state index in [2.05, 4.69) is 10.6 Å². The van der Waals surface area contributed by atoms with Gasteiger partial charge in [-0.25, -0.2) is 4.79 Å². The number of urea groups is 1. The van der Waals surface area contributed by atoms with Gasteiger partial charge in [-0.15, -0.1) is 0 Å². The zero-order chi connectivity index (χ0) is 17.7. The van der Waals surface area contributed by atoms with Crippen molar-refractivity contribution in [1.82, 2.24) is 10.2 Å². The third-order valence-electron chi connectivity index (χ3n) is 4.37. The third-order valence-corrected chi connectivity index (χ3v) is 4.37. The van der Waals surface area contributed by atoms with Gasteiger partial charge in [0.15, 0.2) is 0 Å². The van der Waals surface area contributed by atoms with Gasteiger partial charge in [0.1, 0.15) is 0 Å². The van der Waals surface area contributed by atoms with E-state index in [9.17, 15) is 9.59 Å². The lowest BCUT2D eigenvalue weighted by Crippen LogP contribution is -2.54. The minimum atomic E-state index is -0.497. The summed E-state index contributed by atoms with van der Waals surface area (Å²) in [6.45, 7) is 7.16. The molecule has 1 aromatic carbocycles. The molecule has 1 aromatic rings. The standard InChI is InChI=1S/C18H28N4O2/c1-18(2,3)15(19)16(23)22-11-9-14(10-12-22)21-17(24)20-13-7-5-4-6-8-13/h4-8,14-15H,9-12,19H2,1-3H3,(H2,20,21,24)/t15-/m1/s1. The largest absolute Gasteiger partial charge is 0.341 e. The summed E-state index contributed by atoms with van der Waals surface area (Å²) >= 11 is 0. The summed E-state index contributed by atoms with van der Waals surface area (Å²) in [5.74, 6) is -0.00492. The van der Waals surface area contributed by atoms with Crippen molar-refractivity contribution in [2.45, 2.75) is 45.7 Å². The molecule has 0 aromatic heterocycles. The fraction of sp³-hybridized carbons (Fsp3) is 0.556. The average molecular weight is 332 g/mol. The molecule has 3 amide bonds. The summed E-state index contributed by atoms with van der Waals surface area (Å²) in [5.41, 5.74) is 6.57. The van der Waals surface area contributed by atoms with Gasteiger partial charge in [-0.3, -0.25) is 4.79 Å². The first-order valence-electron chi connectivity index (χ1n) is 8.44. The van der Waals surface area contributed by atoms with Gasteiger partial charge in [-0.1, -0.05) is 39.0 Å². The Bertz CT molecular complexity index is 560.